The van der Waals surface area contributed by atoms with Gasteiger partial charge in [-0.2, -0.15) is 11.8 Å². The molecule has 0 heterocycles. The van der Waals surface area contributed by atoms with Crippen LogP contribution in [-0.4, -0.2) is 17.0 Å². The van der Waals surface area contributed by atoms with Crippen LogP contribution < -0.4 is 5.73 Å². The van der Waals surface area contributed by atoms with Crippen molar-refractivity contribution in [3.05, 3.63) is 12.2 Å². The maximum absolute atomic E-state index is 5.79. The number of allylic oxidation sites excluding steroid dienone is 2. The summed E-state index contributed by atoms with van der Waals surface area (Å²) in [5.41, 5.74) is 5.79. The molecule has 1 nitrogen and oxygen atoms in total. The molecule has 70 valence electrons. The molecule has 0 aromatic carbocycles. The number of hydrogen-bond acceptors (Lipinski definition) is 2. The van der Waals surface area contributed by atoms with Crippen molar-refractivity contribution in [2.45, 2.75) is 31.4 Å². The van der Waals surface area contributed by atoms with Crippen molar-refractivity contribution < 1.29 is 0 Å². The van der Waals surface area contributed by atoms with E-state index >= 15 is 0 Å². The molecule has 0 bridgehead atoms. The fourth-order valence-corrected chi connectivity index (χ4v) is 2.60. The third kappa shape index (κ3) is 2.53. The van der Waals surface area contributed by atoms with Gasteiger partial charge in [0.15, 0.2) is 0 Å². The monoisotopic (exact) mass is 185 g/mol. The van der Waals surface area contributed by atoms with E-state index < -0.39 is 0 Å². The van der Waals surface area contributed by atoms with E-state index in [-0.39, 0.29) is 0 Å². The van der Waals surface area contributed by atoms with E-state index in [1.54, 1.807) is 0 Å². The number of rotatable bonds is 4. The Kier molecular flexibility index (Phi) is 3.66. The summed E-state index contributed by atoms with van der Waals surface area (Å²) in [6.45, 7) is 5.34. The van der Waals surface area contributed by atoms with Gasteiger partial charge in [-0.15, -0.1) is 0 Å². The summed E-state index contributed by atoms with van der Waals surface area (Å²) in [7, 11) is 0. The van der Waals surface area contributed by atoms with E-state index in [9.17, 15) is 0 Å². The molecular weight excluding hydrogens is 166 g/mol. The molecule has 0 aromatic rings. The molecule has 0 unspecified atom stereocenters. The molecule has 12 heavy (non-hydrogen) atoms. The van der Waals surface area contributed by atoms with Gasteiger partial charge in [-0.3, -0.25) is 0 Å². The molecule has 0 spiro atoms. The van der Waals surface area contributed by atoms with Gasteiger partial charge in [-0.25, -0.2) is 0 Å². The molecule has 0 saturated heterocycles. The second kappa shape index (κ2) is 4.33. The van der Waals surface area contributed by atoms with Gasteiger partial charge in [0.25, 0.3) is 0 Å². The summed E-state index contributed by atoms with van der Waals surface area (Å²) < 4.78 is 0.351. The largest absolute Gasteiger partial charge is 0.329 e. The molecule has 1 rings (SSSR count). The molecular formula is C10H19NS. The van der Waals surface area contributed by atoms with Crippen LogP contribution in [0.2, 0.25) is 0 Å². The zero-order valence-corrected chi connectivity index (χ0v) is 8.86. The zero-order chi connectivity index (χ0) is 9.03. The fraction of sp³-hybridized carbons (Fsp3) is 0.800. The Morgan fingerprint density at radius 3 is 2.42 bits per heavy atom. The molecule has 0 saturated carbocycles. The van der Waals surface area contributed by atoms with Gasteiger partial charge >= 0.3 is 0 Å². The summed E-state index contributed by atoms with van der Waals surface area (Å²) in [4.78, 5) is 0. The summed E-state index contributed by atoms with van der Waals surface area (Å²) in [5.74, 6) is 2.01. The van der Waals surface area contributed by atoms with Crippen molar-refractivity contribution >= 4 is 11.8 Å². The first-order valence-electron chi connectivity index (χ1n) is 4.67. The first-order valence-corrected chi connectivity index (χ1v) is 5.66. The van der Waals surface area contributed by atoms with Crippen LogP contribution in [0, 0.1) is 5.92 Å². The average Bonchev–Trinajstić information content (AvgIpc) is 2.50. The third-order valence-corrected chi connectivity index (χ3v) is 4.19. The number of nitrogens with two attached hydrogens (primary N) is 1. The lowest BCUT2D eigenvalue weighted by molar-refractivity contribution is 0.634. The van der Waals surface area contributed by atoms with E-state index in [0.29, 0.717) is 4.75 Å². The Morgan fingerprint density at radius 1 is 1.42 bits per heavy atom. The highest BCUT2D eigenvalue weighted by molar-refractivity contribution is 8.00. The van der Waals surface area contributed by atoms with Crippen LogP contribution in [0.3, 0.4) is 0 Å². The Bertz CT molecular complexity index is 155. The van der Waals surface area contributed by atoms with Crippen LogP contribution in [0.15, 0.2) is 12.2 Å². The van der Waals surface area contributed by atoms with Gasteiger partial charge in [0.1, 0.15) is 0 Å². The van der Waals surface area contributed by atoms with E-state index in [4.69, 9.17) is 5.73 Å². The molecule has 1 aliphatic carbocycles. The van der Waals surface area contributed by atoms with Crippen molar-refractivity contribution in [2.75, 3.05) is 12.3 Å². The number of thioether (sulfide) groups is 1. The van der Waals surface area contributed by atoms with E-state index in [1.165, 1.54) is 18.6 Å². The zero-order valence-electron chi connectivity index (χ0n) is 8.05. The molecule has 0 aromatic heterocycles. The molecule has 0 atom stereocenters. The van der Waals surface area contributed by atoms with Crippen LogP contribution in [0.25, 0.3) is 0 Å². The van der Waals surface area contributed by atoms with Gasteiger partial charge < -0.3 is 5.73 Å². The van der Waals surface area contributed by atoms with Crippen LogP contribution >= 0.6 is 11.8 Å². The summed E-state index contributed by atoms with van der Waals surface area (Å²) in [6, 6.07) is 0. The Labute approximate surface area is 79.8 Å². The van der Waals surface area contributed by atoms with Crippen molar-refractivity contribution in [3.63, 3.8) is 0 Å². The lowest BCUT2D eigenvalue weighted by atomic mass is 10.1. The highest BCUT2D eigenvalue weighted by atomic mass is 32.2. The van der Waals surface area contributed by atoms with Crippen LogP contribution in [0.4, 0.5) is 0 Å². The predicted octanol–water partition coefficient (Wildman–Crippen LogP) is 2.42. The van der Waals surface area contributed by atoms with Crippen molar-refractivity contribution in [2.24, 2.45) is 11.7 Å². The van der Waals surface area contributed by atoms with Crippen molar-refractivity contribution in [1.82, 2.24) is 0 Å². The van der Waals surface area contributed by atoms with E-state index in [0.717, 1.165) is 12.5 Å². The Morgan fingerprint density at radius 2 is 2.00 bits per heavy atom. The van der Waals surface area contributed by atoms with E-state index in [2.05, 4.69) is 37.8 Å². The van der Waals surface area contributed by atoms with E-state index in [1.807, 2.05) is 0 Å². The molecule has 2 heteroatoms. The highest BCUT2D eigenvalue weighted by Gasteiger charge is 2.29. The topological polar surface area (TPSA) is 26.0 Å². The van der Waals surface area contributed by atoms with Gasteiger partial charge in [0.05, 0.1) is 0 Å². The first kappa shape index (κ1) is 10.1. The minimum Gasteiger partial charge on any atom is -0.329 e. The second-order valence-corrected chi connectivity index (χ2v) is 5.46. The van der Waals surface area contributed by atoms with Crippen LogP contribution in [0.1, 0.15) is 26.7 Å². The minimum absolute atomic E-state index is 0.351. The first-order chi connectivity index (χ1) is 5.68. The van der Waals surface area contributed by atoms with Gasteiger partial charge in [-0.1, -0.05) is 26.0 Å². The van der Waals surface area contributed by atoms with Crippen molar-refractivity contribution in [1.29, 1.82) is 0 Å². The molecule has 0 aliphatic heterocycles. The van der Waals surface area contributed by atoms with Gasteiger partial charge in [0, 0.05) is 11.3 Å². The maximum atomic E-state index is 5.79. The van der Waals surface area contributed by atoms with Crippen LogP contribution in [-0.2, 0) is 0 Å². The van der Waals surface area contributed by atoms with Crippen LogP contribution in [0.5, 0.6) is 0 Å². The third-order valence-electron chi connectivity index (χ3n) is 2.24. The SMILES string of the molecule is CC(C)CSC1(CN)CC=CC1. The summed E-state index contributed by atoms with van der Waals surface area (Å²) in [6.07, 6.45) is 6.86. The predicted molar refractivity (Wildman–Crippen MR) is 57.5 cm³/mol. The molecule has 1 aliphatic rings. The average molecular weight is 185 g/mol. The fourth-order valence-electron chi connectivity index (χ4n) is 1.37. The quantitative estimate of drug-likeness (QED) is 0.681. The smallest absolute Gasteiger partial charge is 0.0350 e. The van der Waals surface area contributed by atoms with Gasteiger partial charge in [-0.05, 0) is 24.5 Å². The summed E-state index contributed by atoms with van der Waals surface area (Å²) in [5, 5.41) is 0. The lowest BCUT2D eigenvalue weighted by Gasteiger charge is -2.27. The highest BCUT2D eigenvalue weighted by Crippen LogP contribution is 2.37. The normalized spacial score (nSPS) is 20.7. The Hall–Kier alpha value is 0.0500. The maximum Gasteiger partial charge on any atom is 0.0350 e. The van der Waals surface area contributed by atoms with Crippen molar-refractivity contribution in [3.8, 4) is 0 Å². The van der Waals surface area contributed by atoms with Gasteiger partial charge in [0.2, 0.25) is 0 Å². The Balaban J connectivity index is 2.35. The lowest BCUT2D eigenvalue weighted by Crippen LogP contribution is -2.32. The second-order valence-electron chi connectivity index (χ2n) is 3.97. The molecule has 0 amide bonds. The summed E-state index contributed by atoms with van der Waals surface area (Å²) >= 11 is 2.05. The molecule has 0 radical (unpaired) electrons. The molecule has 2 N–H and O–H groups in total. The minimum atomic E-state index is 0.351. The molecule has 0 fully saturated rings. The number of hydrogen-bond donors (Lipinski definition) is 1. The standard InChI is InChI=1S/C10H19NS/c1-9(2)7-12-10(8-11)5-3-4-6-10/h3-4,9H,5-8,11H2,1-2H3.